The molecule has 0 aromatic heterocycles. The fourth-order valence-electron chi connectivity index (χ4n) is 2.13. The van der Waals surface area contributed by atoms with Crippen LogP contribution in [0.2, 0.25) is 10.0 Å². The maximum absolute atomic E-state index is 11.9. The van der Waals surface area contributed by atoms with Crippen molar-refractivity contribution in [3.05, 3.63) is 33.8 Å². The van der Waals surface area contributed by atoms with Gasteiger partial charge in [-0.1, -0.05) is 29.3 Å². The Morgan fingerprint density at radius 2 is 2.21 bits per heavy atom. The molecule has 1 aromatic rings. The molecule has 2 rings (SSSR count). The highest BCUT2D eigenvalue weighted by molar-refractivity contribution is 6.43. The van der Waals surface area contributed by atoms with Crippen LogP contribution in [0.15, 0.2) is 18.2 Å². The van der Waals surface area contributed by atoms with Gasteiger partial charge in [-0.3, -0.25) is 4.79 Å². The maximum atomic E-state index is 11.9. The van der Waals surface area contributed by atoms with Crippen LogP contribution in [0, 0.1) is 5.92 Å². The number of carbonyl (C=O) groups is 1. The average Bonchev–Trinajstić information content (AvgIpc) is 2.85. The van der Waals surface area contributed by atoms with Crippen LogP contribution < -0.4 is 10.6 Å². The van der Waals surface area contributed by atoms with Crippen LogP contribution in [-0.4, -0.2) is 25.5 Å². The lowest BCUT2D eigenvalue weighted by atomic mass is 10.1. The first-order chi connectivity index (χ1) is 8.68. The van der Waals surface area contributed by atoms with E-state index >= 15 is 0 Å². The number of rotatable bonds is 4. The highest BCUT2D eigenvalue weighted by Crippen LogP contribution is 2.25. The smallest absolute Gasteiger partial charge is 0.252 e. The van der Waals surface area contributed by atoms with Gasteiger partial charge in [-0.2, -0.15) is 0 Å². The van der Waals surface area contributed by atoms with Gasteiger partial charge in [0, 0.05) is 6.54 Å². The van der Waals surface area contributed by atoms with Gasteiger partial charge in [0.1, 0.15) is 0 Å². The minimum Gasteiger partial charge on any atom is -0.352 e. The van der Waals surface area contributed by atoms with Gasteiger partial charge in [0.25, 0.3) is 5.91 Å². The van der Waals surface area contributed by atoms with Crippen molar-refractivity contribution in [1.82, 2.24) is 10.6 Å². The molecule has 19 heavy (non-hydrogen) atoms. The molecule has 1 heterocycles. The molecule has 1 fully saturated rings. The van der Waals surface area contributed by atoms with Crippen molar-refractivity contribution in [1.29, 1.82) is 0 Å². The first-order valence-corrected chi connectivity index (χ1v) is 6.87. The lowest BCUT2D eigenvalue weighted by Gasteiger charge is -2.10. The van der Waals surface area contributed by atoms with E-state index in [1.165, 1.54) is 6.42 Å². The van der Waals surface area contributed by atoms with Crippen molar-refractivity contribution in [3.8, 4) is 0 Å². The molecule has 0 aliphatic carbocycles. The van der Waals surface area contributed by atoms with Crippen molar-refractivity contribution in [2.24, 2.45) is 5.92 Å². The largest absolute Gasteiger partial charge is 0.352 e. The van der Waals surface area contributed by atoms with Crippen LogP contribution >= 0.6 is 35.6 Å². The highest BCUT2D eigenvalue weighted by atomic mass is 35.5. The zero-order valence-corrected chi connectivity index (χ0v) is 12.7. The number of amides is 1. The fraction of sp³-hybridized carbons (Fsp3) is 0.462. The van der Waals surface area contributed by atoms with Gasteiger partial charge < -0.3 is 10.6 Å². The molecule has 0 saturated carbocycles. The molecule has 106 valence electrons. The van der Waals surface area contributed by atoms with Crippen molar-refractivity contribution in [3.63, 3.8) is 0 Å². The lowest BCUT2D eigenvalue weighted by molar-refractivity contribution is 0.0952. The Balaban J connectivity index is 0.00000180. The summed E-state index contributed by atoms with van der Waals surface area (Å²) < 4.78 is 0. The third-order valence-electron chi connectivity index (χ3n) is 3.20. The molecule has 1 unspecified atom stereocenters. The van der Waals surface area contributed by atoms with Crippen LogP contribution in [0.25, 0.3) is 0 Å². The molecular weight excluding hydrogens is 307 g/mol. The van der Waals surface area contributed by atoms with Crippen LogP contribution in [-0.2, 0) is 0 Å². The van der Waals surface area contributed by atoms with E-state index < -0.39 is 0 Å². The third-order valence-corrected chi connectivity index (χ3v) is 4.02. The van der Waals surface area contributed by atoms with Gasteiger partial charge in [-0.15, -0.1) is 12.4 Å². The Labute approximate surface area is 129 Å². The molecule has 0 radical (unpaired) electrons. The summed E-state index contributed by atoms with van der Waals surface area (Å²) in [7, 11) is 0. The standard InChI is InChI=1S/C13H16Cl2N2O.ClH/c14-11-3-1-2-10(12(11)15)13(18)17-7-5-9-4-6-16-8-9;/h1-3,9,16H,4-8H2,(H,17,18);1H. The molecule has 1 aliphatic rings. The summed E-state index contributed by atoms with van der Waals surface area (Å²) in [5.74, 6) is 0.508. The SMILES string of the molecule is Cl.O=C(NCCC1CCNC1)c1cccc(Cl)c1Cl. The van der Waals surface area contributed by atoms with Crippen molar-refractivity contribution in [2.45, 2.75) is 12.8 Å². The normalized spacial score (nSPS) is 17.9. The summed E-state index contributed by atoms with van der Waals surface area (Å²) in [6.07, 6.45) is 2.19. The Morgan fingerprint density at radius 3 is 2.89 bits per heavy atom. The van der Waals surface area contributed by atoms with E-state index in [1.54, 1.807) is 18.2 Å². The number of benzene rings is 1. The minimum absolute atomic E-state index is 0. The zero-order chi connectivity index (χ0) is 13.0. The van der Waals surface area contributed by atoms with Crippen molar-refractivity contribution in [2.75, 3.05) is 19.6 Å². The predicted molar refractivity (Wildman–Crippen MR) is 81.6 cm³/mol. The average molecular weight is 324 g/mol. The van der Waals surface area contributed by atoms with Gasteiger partial charge in [0.05, 0.1) is 15.6 Å². The van der Waals surface area contributed by atoms with E-state index in [9.17, 15) is 4.79 Å². The summed E-state index contributed by atoms with van der Waals surface area (Å²) in [4.78, 5) is 11.9. The Morgan fingerprint density at radius 1 is 1.42 bits per heavy atom. The summed E-state index contributed by atoms with van der Waals surface area (Å²) in [5, 5.41) is 6.92. The molecule has 2 N–H and O–H groups in total. The second-order valence-corrected chi connectivity index (χ2v) is 5.29. The van der Waals surface area contributed by atoms with E-state index in [1.807, 2.05) is 0 Å². The van der Waals surface area contributed by atoms with E-state index in [0.29, 0.717) is 28.1 Å². The molecular formula is C13H17Cl3N2O. The van der Waals surface area contributed by atoms with Crippen LogP contribution in [0.3, 0.4) is 0 Å². The molecule has 1 atom stereocenters. The van der Waals surface area contributed by atoms with Gasteiger partial charge in [-0.25, -0.2) is 0 Å². The Bertz CT molecular complexity index is 434. The molecule has 0 bridgehead atoms. The Kier molecular flexibility index (Phi) is 6.94. The maximum Gasteiger partial charge on any atom is 0.252 e. The number of halogens is 3. The van der Waals surface area contributed by atoms with E-state index in [4.69, 9.17) is 23.2 Å². The highest BCUT2D eigenvalue weighted by Gasteiger charge is 2.15. The Hall–Kier alpha value is -0.480. The third kappa shape index (κ3) is 4.53. The number of carbonyl (C=O) groups excluding carboxylic acids is 1. The van der Waals surface area contributed by atoms with Gasteiger partial charge in [-0.05, 0) is 44.0 Å². The second kappa shape index (κ2) is 7.95. The van der Waals surface area contributed by atoms with Crippen LogP contribution in [0.1, 0.15) is 23.2 Å². The molecule has 6 heteroatoms. The molecule has 1 aromatic carbocycles. The van der Waals surface area contributed by atoms with E-state index in [-0.39, 0.29) is 18.3 Å². The lowest BCUT2D eigenvalue weighted by Crippen LogP contribution is -2.26. The number of hydrogen-bond acceptors (Lipinski definition) is 2. The van der Waals surface area contributed by atoms with Gasteiger partial charge in [0.15, 0.2) is 0 Å². The van der Waals surface area contributed by atoms with E-state index in [2.05, 4.69) is 10.6 Å². The zero-order valence-electron chi connectivity index (χ0n) is 10.4. The summed E-state index contributed by atoms with van der Waals surface area (Å²) >= 11 is 11.9. The number of nitrogens with one attached hydrogen (secondary N) is 2. The topological polar surface area (TPSA) is 41.1 Å². The summed E-state index contributed by atoms with van der Waals surface area (Å²) in [6, 6.07) is 5.08. The molecule has 1 amide bonds. The molecule has 3 nitrogen and oxygen atoms in total. The second-order valence-electron chi connectivity index (χ2n) is 4.50. The quantitative estimate of drug-likeness (QED) is 0.894. The van der Waals surface area contributed by atoms with Crippen molar-refractivity contribution < 1.29 is 4.79 Å². The van der Waals surface area contributed by atoms with Gasteiger partial charge in [0.2, 0.25) is 0 Å². The predicted octanol–water partition coefficient (Wildman–Crippen LogP) is 3.14. The van der Waals surface area contributed by atoms with Crippen LogP contribution in [0.4, 0.5) is 0 Å². The molecule has 1 saturated heterocycles. The first-order valence-electron chi connectivity index (χ1n) is 6.11. The fourth-order valence-corrected chi connectivity index (χ4v) is 2.51. The van der Waals surface area contributed by atoms with E-state index in [0.717, 1.165) is 19.5 Å². The summed E-state index contributed by atoms with van der Waals surface area (Å²) in [5.41, 5.74) is 0.439. The number of hydrogen-bond donors (Lipinski definition) is 2. The minimum atomic E-state index is -0.159. The molecule has 0 spiro atoms. The monoisotopic (exact) mass is 322 g/mol. The first kappa shape index (κ1) is 16.6. The van der Waals surface area contributed by atoms with Crippen molar-refractivity contribution >= 4 is 41.5 Å². The molecule has 1 aliphatic heterocycles. The summed E-state index contributed by atoms with van der Waals surface area (Å²) in [6.45, 7) is 2.81. The van der Waals surface area contributed by atoms with Crippen LogP contribution in [0.5, 0.6) is 0 Å². The van der Waals surface area contributed by atoms with Gasteiger partial charge >= 0.3 is 0 Å².